The van der Waals surface area contributed by atoms with Crippen molar-refractivity contribution in [3.05, 3.63) is 40.1 Å². The summed E-state index contributed by atoms with van der Waals surface area (Å²) in [5.41, 5.74) is 8.14. The Morgan fingerprint density at radius 3 is 2.95 bits per heavy atom. The normalized spacial score (nSPS) is 11.2. The number of hydrogen-bond acceptors (Lipinski definition) is 6. The highest BCUT2D eigenvalue weighted by Gasteiger charge is 2.06. The smallest absolute Gasteiger partial charge is 0.190 e. The fourth-order valence-electron chi connectivity index (χ4n) is 2.16. The molecule has 3 aromatic rings. The maximum absolute atomic E-state index is 5.88. The Labute approximate surface area is 142 Å². The summed E-state index contributed by atoms with van der Waals surface area (Å²) in [6, 6.07) is 3.74. The number of nitrogen functional groups attached to an aromatic ring is 1. The number of hydrogen-bond donors (Lipinski definition) is 1. The van der Waals surface area contributed by atoms with Crippen LogP contribution in [0.2, 0.25) is 5.15 Å². The number of aryl methyl sites for hydroxylation is 2. The molecular formula is C15H15ClN4S2. The number of thiophene rings is 1. The van der Waals surface area contributed by atoms with Crippen LogP contribution in [0.3, 0.4) is 0 Å². The molecule has 0 unspecified atom stereocenters. The van der Waals surface area contributed by atoms with Gasteiger partial charge < -0.3 is 5.73 Å². The number of nitrogens with two attached hydrogens (primary N) is 1. The van der Waals surface area contributed by atoms with Crippen LogP contribution >= 0.6 is 34.7 Å². The molecule has 114 valence electrons. The van der Waals surface area contributed by atoms with Gasteiger partial charge in [-0.2, -0.15) is 0 Å². The molecule has 22 heavy (non-hydrogen) atoms. The minimum atomic E-state index is 0.375. The van der Waals surface area contributed by atoms with Gasteiger partial charge in [0.15, 0.2) is 5.16 Å². The van der Waals surface area contributed by atoms with Gasteiger partial charge in [-0.25, -0.2) is 9.97 Å². The van der Waals surface area contributed by atoms with Crippen molar-refractivity contribution in [3.8, 4) is 0 Å². The van der Waals surface area contributed by atoms with Gasteiger partial charge in [-0.15, -0.1) is 11.3 Å². The highest BCUT2D eigenvalue weighted by Crippen LogP contribution is 2.27. The zero-order chi connectivity index (χ0) is 15.5. The molecule has 0 radical (unpaired) electrons. The Hall–Kier alpha value is -1.37. The summed E-state index contributed by atoms with van der Waals surface area (Å²) in [6.07, 6.45) is 3.87. The van der Waals surface area contributed by atoms with Gasteiger partial charge in [0.1, 0.15) is 11.0 Å². The van der Waals surface area contributed by atoms with Crippen LogP contribution in [0, 0.1) is 0 Å². The number of halogens is 1. The minimum absolute atomic E-state index is 0.375. The van der Waals surface area contributed by atoms with Crippen molar-refractivity contribution in [2.45, 2.75) is 24.9 Å². The third kappa shape index (κ3) is 3.51. The van der Waals surface area contributed by atoms with Crippen LogP contribution in [0.5, 0.6) is 0 Å². The summed E-state index contributed by atoms with van der Waals surface area (Å²) in [7, 11) is 0. The number of rotatable bonds is 5. The van der Waals surface area contributed by atoms with Gasteiger partial charge in [0, 0.05) is 23.7 Å². The van der Waals surface area contributed by atoms with E-state index in [1.807, 2.05) is 6.20 Å². The Balaban J connectivity index is 1.68. The molecule has 0 fully saturated rings. The Kier molecular flexibility index (Phi) is 4.81. The van der Waals surface area contributed by atoms with Crippen LogP contribution in [-0.2, 0) is 12.8 Å². The van der Waals surface area contributed by atoms with Crippen LogP contribution in [0.1, 0.15) is 18.2 Å². The van der Waals surface area contributed by atoms with Crippen molar-refractivity contribution in [2.75, 3.05) is 11.5 Å². The first-order chi connectivity index (χ1) is 10.7. The third-order valence-electron chi connectivity index (χ3n) is 3.26. The van der Waals surface area contributed by atoms with Gasteiger partial charge in [-0.05, 0) is 35.2 Å². The second-order valence-electron chi connectivity index (χ2n) is 4.78. The summed E-state index contributed by atoms with van der Waals surface area (Å²) >= 11 is 9.17. The topological polar surface area (TPSA) is 64.7 Å². The lowest BCUT2D eigenvalue weighted by atomic mass is 10.1. The zero-order valence-electron chi connectivity index (χ0n) is 12.0. The molecule has 7 heteroatoms. The molecule has 0 saturated carbocycles. The molecule has 0 spiro atoms. The first-order valence-corrected chi connectivity index (χ1v) is 9.18. The summed E-state index contributed by atoms with van der Waals surface area (Å²) in [5.74, 6) is 1.23. The molecule has 3 aromatic heterocycles. The summed E-state index contributed by atoms with van der Waals surface area (Å²) < 4.78 is 1.25. The maximum Gasteiger partial charge on any atom is 0.190 e. The van der Waals surface area contributed by atoms with Gasteiger partial charge in [0.25, 0.3) is 0 Å². The van der Waals surface area contributed by atoms with Gasteiger partial charge in [0.2, 0.25) is 0 Å². The predicted octanol–water partition coefficient (Wildman–Crippen LogP) is 4.22. The number of anilines is 1. The SMILES string of the molecule is CCc1csc2cnc(CCSc3nc(N)cc(Cl)n3)cc12. The van der Waals surface area contributed by atoms with Crippen molar-refractivity contribution in [3.63, 3.8) is 0 Å². The van der Waals surface area contributed by atoms with E-state index >= 15 is 0 Å². The Morgan fingerprint density at radius 1 is 1.32 bits per heavy atom. The number of aromatic nitrogens is 3. The zero-order valence-corrected chi connectivity index (χ0v) is 14.4. The second kappa shape index (κ2) is 6.81. The Bertz CT molecular complexity index is 783. The lowest BCUT2D eigenvalue weighted by Crippen LogP contribution is -1.97. The average Bonchev–Trinajstić information content (AvgIpc) is 2.88. The summed E-state index contributed by atoms with van der Waals surface area (Å²) in [4.78, 5) is 12.8. The molecular weight excluding hydrogens is 336 g/mol. The van der Waals surface area contributed by atoms with Crippen LogP contribution in [0.15, 0.2) is 28.9 Å². The van der Waals surface area contributed by atoms with Crippen LogP contribution in [0.25, 0.3) is 10.1 Å². The van der Waals surface area contributed by atoms with Crippen molar-refractivity contribution in [1.29, 1.82) is 0 Å². The van der Waals surface area contributed by atoms with Crippen molar-refractivity contribution in [2.24, 2.45) is 0 Å². The molecule has 0 atom stereocenters. The highest BCUT2D eigenvalue weighted by atomic mass is 35.5. The van der Waals surface area contributed by atoms with Crippen LogP contribution < -0.4 is 5.73 Å². The molecule has 4 nitrogen and oxygen atoms in total. The molecule has 2 N–H and O–H groups in total. The molecule has 0 bridgehead atoms. The first-order valence-electron chi connectivity index (χ1n) is 6.93. The third-order valence-corrected chi connectivity index (χ3v) is 5.29. The fraction of sp³-hybridized carbons (Fsp3) is 0.267. The van der Waals surface area contributed by atoms with Gasteiger partial charge in [-0.1, -0.05) is 30.3 Å². The van der Waals surface area contributed by atoms with Crippen LogP contribution in [-0.4, -0.2) is 20.7 Å². The largest absolute Gasteiger partial charge is 0.384 e. The van der Waals surface area contributed by atoms with Crippen molar-refractivity contribution >= 4 is 50.6 Å². The predicted molar refractivity (Wildman–Crippen MR) is 94.9 cm³/mol. The van der Waals surface area contributed by atoms with Gasteiger partial charge in [0.05, 0.1) is 4.70 Å². The van der Waals surface area contributed by atoms with Crippen molar-refractivity contribution in [1.82, 2.24) is 15.0 Å². The molecule has 0 aliphatic rings. The standard InChI is InChI=1S/C15H15ClN4S2/c1-2-9-8-22-12-7-18-10(5-11(9)12)3-4-21-15-19-13(16)6-14(17)20-15/h5-8H,2-4H2,1H3,(H2,17,19,20). The molecule has 0 saturated heterocycles. The molecule has 3 heterocycles. The van der Waals surface area contributed by atoms with Crippen LogP contribution in [0.4, 0.5) is 5.82 Å². The number of fused-ring (bicyclic) bond motifs is 1. The van der Waals surface area contributed by atoms with Gasteiger partial charge >= 0.3 is 0 Å². The van der Waals surface area contributed by atoms with E-state index in [4.69, 9.17) is 17.3 Å². The number of thioether (sulfide) groups is 1. The molecule has 0 aliphatic carbocycles. The number of pyridine rings is 1. The van der Waals surface area contributed by atoms with E-state index in [0.717, 1.165) is 24.3 Å². The number of nitrogens with zero attached hydrogens (tertiary/aromatic N) is 3. The van der Waals surface area contributed by atoms with E-state index in [-0.39, 0.29) is 0 Å². The molecule has 0 aliphatic heterocycles. The summed E-state index contributed by atoms with van der Waals surface area (Å²) in [6.45, 7) is 2.18. The molecule has 0 aromatic carbocycles. The van der Waals surface area contributed by atoms with E-state index in [1.165, 1.54) is 27.4 Å². The fourth-order valence-corrected chi connectivity index (χ4v) is 4.23. The lowest BCUT2D eigenvalue weighted by Gasteiger charge is -2.03. The summed E-state index contributed by atoms with van der Waals surface area (Å²) in [5, 5.41) is 4.52. The van der Waals surface area contributed by atoms with Gasteiger partial charge in [-0.3, -0.25) is 4.98 Å². The Morgan fingerprint density at radius 2 is 2.18 bits per heavy atom. The highest BCUT2D eigenvalue weighted by molar-refractivity contribution is 7.99. The monoisotopic (exact) mass is 350 g/mol. The van der Waals surface area contributed by atoms with E-state index in [1.54, 1.807) is 17.4 Å². The average molecular weight is 351 g/mol. The maximum atomic E-state index is 5.88. The minimum Gasteiger partial charge on any atom is -0.384 e. The first kappa shape index (κ1) is 15.5. The lowest BCUT2D eigenvalue weighted by molar-refractivity contribution is 0.969. The second-order valence-corrected chi connectivity index (χ2v) is 7.14. The quantitative estimate of drug-likeness (QED) is 0.424. The molecule has 3 rings (SSSR count). The van der Waals surface area contributed by atoms with E-state index in [9.17, 15) is 0 Å². The molecule has 0 amide bonds. The van der Waals surface area contributed by atoms with E-state index in [0.29, 0.717) is 16.1 Å². The van der Waals surface area contributed by atoms with E-state index < -0.39 is 0 Å². The van der Waals surface area contributed by atoms with Crippen molar-refractivity contribution < 1.29 is 0 Å². The van der Waals surface area contributed by atoms with E-state index in [2.05, 4.69) is 33.3 Å².